The zero-order chi connectivity index (χ0) is 14.8. The van der Waals surface area contributed by atoms with Gasteiger partial charge in [0.15, 0.2) is 0 Å². The van der Waals surface area contributed by atoms with E-state index in [1.165, 1.54) is 4.88 Å². The van der Waals surface area contributed by atoms with E-state index in [0.29, 0.717) is 11.6 Å². The molecule has 3 aromatic rings. The molecule has 1 N–H and O–H groups in total. The molecule has 0 amide bonds. The number of aromatic nitrogens is 4. The van der Waals surface area contributed by atoms with E-state index in [9.17, 15) is 0 Å². The third-order valence-corrected chi connectivity index (χ3v) is 6.30. The molecular weight excluding hydrogens is 441 g/mol. The summed E-state index contributed by atoms with van der Waals surface area (Å²) in [7, 11) is 0. The number of nitrogens with zero attached hydrogens (tertiary/aromatic N) is 4. The molecule has 108 valence electrons. The summed E-state index contributed by atoms with van der Waals surface area (Å²) in [6.07, 6.45) is 1.54. The van der Waals surface area contributed by atoms with Gasteiger partial charge in [0, 0.05) is 15.9 Å². The van der Waals surface area contributed by atoms with Gasteiger partial charge < -0.3 is 5.32 Å². The Hall–Kier alpha value is -0.960. The van der Waals surface area contributed by atoms with Gasteiger partial charge in [0.25, 0.3) is 0 Å². The second-order valence-electron chi connectivity index (χ2n) is 4.11. The first-order valence-corrected chi connectivity index (χ1v) is 8.62. The zero-order valence-corrected chi connectivity index (χ0v) is 15.2. The predicted molar refractivity (Wildman–Crippen MR) is 91.2 cm³/mol. The summed E-state index contributed by atoms with van der Waals surface area (Å²) in [5.74, 6) is 0. The van der Waals surface area contributed by atoms with Crippen LogP contribution < -0.4 is 5.32 Å². The number of hydrogen-bond donors (Lipinski definition) is 1. The minimum absolute atomic E-state index is 0.654. The number of rotatable bonds is 4. The summed E-state index contributed by atoms with van der Waals surface area (Å²) in [6.45, 7) is 0.688. The fourth-order valence-electron chi connectivity index (χ4n) is 1.73. The van der Waals surface area contributed by atoms with Gasteiger partial charge in [-0.15, -0.1) is 16.4 Å². The number of anilines is 1. The van der Waals surface area contributed by atoms with Gasteiger partial charge in [0.05, 0.1) is 20.2 Å². The fraction of sp³-hybridized carbons (Fsp3) is 0.0833. The molecular formula is C12H8Br2ClN5S. The largest absolute Gasteiger partial charge is 0.379 e. The van der Waals surface area contributed by atoms with Crippen molar-refractivity contribution in [2.75, 3.05) is 5.32 Å². The highest BCUT2D eigenvalue weighted by molar-refractivity contribution is 9.13. The van der Waals surface area contributed by atoms with Crippen molar-refractivity contribution >= 4 is 60.5 Å². The van der Waals surface area contributed by atoms with E-state index in [2.05, 4.69) is 58.8 Å². The summed E-state index contributed by atoms with van der Waals surface area (Å²) >= 11 is 14.9. The lowest BCUT2D eigenvalue weighted by Gasteiger charge is -2.09. The number of halogens is 3. The van der Waals surface area contributed by atoms with Gasteiger partial charge in [-0.25, -0.2) is 4.68 Å². The van der Waals surface area contributed by atoms with E-state index < -0.39 is 0 Å². The summed E-state index contributed by atoms with van der Waals surface area (Å²) in [5, 5.41) is 15.1. The molecule has 0 spiro atoms. The lowest BCUT2D eigenvalue weighted by Crippen LogP contribution is -2.01. The maximum absolute atomic E-state index is 6.22. The summed E-state index contributed by atoms with van der Waals surface area (Å²) in [5.41, 5.74) is 1.69. The van der Waals surface area contributed by atoms with Crippen molar-refractivity contribution in [3.63, 3.8) is 0 Å². The van der Waals surface area contributed by atoms with Crippen LogP contribution in [0.5, 0.6) is 0 Å². The summed E-state index contributed by atoms with van der Waals surface area (Å²) in [4.78, 5) is 1.19. The van der Waals surface area contributed by atoms with Gasteiger partial charge in [-0.1, -0.05) is 11.6 Å². The normalized spacial score (nSPS) is 10.8. The van der Waals surface area contributed by atoms with Gasteiger partial charge in [-0.2, -0.15) is 0 Å². The van der Waals surface area contributed by atoms with Gasteiger partial charge >= 0.3 is 0 Å². The highest BCUT2D eigenvalue weighted by Crippen LogP contribution is 2.33. The van der Waals surface area contributed by atoms with Crippen LogP contribution in [0.25, 0.3) is 5.69 Å². The Morgan fingerprint density at radius 2 is 2.14 bits per heavy atom. The van der Waals surface area contributed by atoms with Crippen LogP contribution in [0.2, 0.25) is 5.02 Å². The van der Waals surface area contributed by atoms with Gasteiger partial charge in [0.2, 0.25) is 0 Å². The molecule has 0 saturated carbocycles. The standard InChI is InChI=1S/C12H8Br2ClN5S/c13-9-4-8(21-12(9)14)5-16-11-3-7(1-2-10(11)15)20-6-17-18-19-20/h1-4,6,16H,5H2. The quantitative estimate of drug-likeness (QED) is 0.637. The lowest BCUT2D eigenvalue weighted by molar-refractivity contribution is 0.789. The van der Waals surface area contributed by atoms with E-state index >= 15 is 0 Å². The molecule has 9 heteroatoms. The molecule has 0 unspecified atom stereocenters. The van der Waals surface area contributed by atoms with Crippen LogP contribution in [0.4, 0.5) is 5.69 Å². The molecule has 0 fully saturated rings. The molecule has 0 radical (unpaired) electrons. The van der Waals surface area contributed by atoms with Crippen molar-refractivity contribution in [2.24, 2.45) is 0 Å². The number of thiophene rings is 1. The SMILES string of the molecule is Clc1ccc(-n2cnnn2)cc1NCc1cc(Br)c(Br)s1. The molecule has 3 rings (SSSR count). The van der Waals surface area contributed by atoms with Crippen LogP contribution in [0.1, 0.15) is 4.88 Å². The third-order valence-electron chi connectivity index (χ3n) is 2.71. The van der Waals surface area contributed by atoms with Crippen LogP contribution in [0.3, 0.4) is 0 Å². The number of hydrogen-bond acceptors (Lipinski definition) is 5. The number of benzene rings is 1. The van der Waals surface area contributed by atoms with E-state index in [0.717, 1.165) is 19.6 Å². The molecule has 5 nitrogen and oxygen atoms in total. The Bertz CT molecular complexity index is 740. The predicted octanol–water partition coefficient (Wildman–Crippen LogP) is 4.51. The minimum Gasteiger partial charge on any atom is -0.379 e. The highest BCUT2D eigenvalue weighted by Gasteiger charge is 2.07. The first kappa shape index (κ1) is 15.0. The average Bonchev–Trinajstić information content (AvgIpc) is 3.09. The van der Waals surface area contributed by atoms with Crippen LogP contribution >= 0.6 is 54.8 Å². The molecule has 2 heterocycles. The summed E-state index contributed by atoms with van der Waals surface area (Å²) in [6, 6.07) is 7.67. The maximum atomic E-state index is 6.22. The molecule has 21 heavy (non-hydrogen) atoms. The van der Waals surface area contributed by atoms with Gasteiger partial charge in [-0.3, -0.25) is 0 Å². The van der Waals surface area contributed by atoms with Crippen LogP contribution in [-0.2, 0) is 6.54 Å². The van der Waals surface area contributed by atoms with E-state index in [4.69, 9.17) is 11.6 Å². The molecule has 0 aliphatic heterocycles. The fourth-order valence-corrected chi connectivity index (χ4v) is 4.03. The molecule has 2 aromatic heterocycles. The van der Waals surface area contributed by atoms with E-state index in [-0.39, 0.29) is 0 Å². The van der Waals surface area contributed by atoms with Crippen molar-refractivity contribution in [1.82, 2.24) is 20.2 Å². The molecule has 1 aromatic carbocycles. The van der Waals surface area contributed by atoms with Crippen LogP contribution in [0, 0.1) is 0 Å². The molecule has 0 atom stereocenters. The highest BCUT2D eigenvalue weighted by atomic mass is 79.9. The average molecular weight is 450 g/mol. The zero-order valence-electron chi connectivity index (χ0n) is 10.4. The Morgan fingerprint density at radius 3 is 2.81 bits per heavy atom. The monoisotopic (exact) mass is 447 g/mol. The second-order valence-corrected chi connectivity index (χ2v) is 7.82. The Labute approximate surface area is 146 Å². The van der Waals surface area contributed by atoms with Crippen molar-refractivity contribution < 1.29 is 0 Å². The van der Waals surface area contributed by atoms with Crippen molar-refractivity contribution in [3.8, 4) is 5.69 Å². The minimum atomic E-state index is 0.654. The first-order chi connectivity index (χ1) is 10.1. The maximum Gasteiger partial charge on any atom is 0.143 e. The Kier molecular flexibility index (Phi) is 4.58. The van der Waals surface area contributed by atoms with Crippen LogP contribution in [0.15, 0.2) is 38.9 Å². The van der Waals surface area contributed by atoms with E-state index in [1.807, 2.05) is 18.2 Å². The van der Waals surface area contributed by atoms with Crippen LogP contribution in [-0.4, -0.2) is 20.2 Å². The third kappa shape index (κ3) is 3.45. The summed E-state index contributed by atoms with van der Waals surface area (Å²) < 4.78 is 3.71. The first-order valence-electron chi connectivity index (χ1n) is 5.84. The van der Waals surface area contributed by atoms with Gasteiger partial charge in [0.1, 0.15) is 6.33 Å². The molecule has 0 bridgehead atoms. The lowest BCUT2D eigenvalue weighted by atomic mass is 10.2. The smallest absolute Gasteiger partial charge is 0.143 e. The Balaban J connectivity index is 1.80. The molecule has 0 saturated heterocycles. The van der Waals surface area contributed by atoms with E-state index in [1.54, 1.807) is 22.3 Å². The molecule has 0 aliphatic rings. The topological polar surface area (TPSA) is 55.6 Å². The van der Waals surface area contributed by atoms with Crippen molar-refractivity contribution in [1.29, 1.82) is 0 Å². The van der Waals surface area contributed by atoms with Crippen molar-refractivity contribution in [3.05, 3.63) is 48.8 Å². The number of nitrogens with one attached hydrogen (secondary N) is 1. The number of tetrazole rings is 1. The molecule has 0 aliphatic carbocycles. The Morgan fingerprint density at radius 1 is 1.29 bits per heavy atom. The van der Waals surface area contributed by atoms with Gasteiger partial charge in [-0.05, 0) is 66.6 Å². The second kappa shape index (κ2) is 6.43. The van der Waals surface area contributed by atoms with Crippen molar-refractivity contribution in [2.45, 2.75) is 6.54 Å².